The van der Waals surface area contributed by atoms with Crippen molar-refractivity contribution in [3.05, 3.63) is 59.7 Å². The second-order valence-electron chi connectivity index (χ2n) is 7.48. The molecule has 2 atom stereocenters. The van der Waals surface area contributed by atoms with Crippen LogP contribution in [0.25, 0.3) is 0 Å². The van der Waals surface area contributed by atoms with Crippen molar-refractivity contribution in [1.82, 2.24) is 0 Å². The lowest BCUT2D eigenvalue weighted by molar-refractivity contribution is 0.521. The zero-order valence-corrected chi connectivity index (χ0v) is 14.9. The van der Waals surface area contributed by atoms with Gasteiger partial charge in [0, 0.05) is 36.5 Å². The van der Waals surface area contributed by atoms with Crippen molar-refractivity contribution in [3.8, 4) is 0 Å². The monoisotopic (exact) mass is 320 g/mol. The van der Waals surface area contributed by atoms with Gasteiger partial charge in [-0.3, -0.25) is 0 Å². The number of rotatable bonds is 3. The lowest BCUT2D eigenvalue weighted by Gasteiger charge is -2.37. The first kappa shape index (κ1) is 15.6. The van der Waals surface area contributed by atoms with Gasteiger partial charge in [-0.1, -0.05) is 35.4 Å². The molecular formula is C22H28N2. The number of hydrogen-bond donors (Lipinski definition) is 0. The molecule has 2 aliphatic heterocycles. The molecule has 2 saturated heterocycles. The van der Waals surface area contributed by atoms with Crippen LogP contribution in [0.5, 0.6) is 0 Å². The highest BCUT2D eigenvalue weighted by molar-refractivity contribution is 5.54. The van der Waals surface area contributed by atoms with E-state index < -0.39 is 0 Å². The highest BCUT2D eigenvalue weighted by Gasteiger charge is 2.37. The third-order valence-electron chi connectivity index (χ3n) is 5.77. The second-order valence-corrected chi connectivity index (χ2v) is 7.48. The van der Waals surface area contributed by atoms with Gasteiger partial charge >= 0.3 is 0 Å². The van der Waals surface area contributed by atoms with E-state index in [2.05, 4.69) is 72.2 Å². The summed E-state index contributed by atoms with van der Waals surface area (Å²) in [5.74, 6) is 0. The van der Waals surface area contributed by atoms with E-state index in [1.54, 1.807) is 0 Å². The van der Waals surface area contributed by atoms with Crippen molar-refractivity contribution in [1.29, 1.82) is 0 Å². The van der Waals surface area contributed by atoms with Crippen molar-refractivity contribution in [2.45, 2.75) is 51.6 Å². The summed E-state index contributed by atoms with van der Waals surface area (Å²) in [4.78, 5) is 5.33. The Morgan fingerprint density at radius 2 is 1.00 bits per heavy atom. The quantitative estimate of drug-likeness (QED) is 0.790. The first-order valence-electron chi connectivity index (χ1n) is 9.39. The molecule has 0 spiro atoms. The normalized spacial score (nSPS) is 23.9. The van der Waals surface area contributed by atoms with E-state index in [1.807, 2.05) is 0 Å². The fourth-order valence-electron chi connectivity index (χ4n) is 4.50. The molecule has 2 aliphatic rings. The van der Waals surface area contributed by atoms with Crippen molar-refractivity contribution in [2.75, 3.05) is 22.9 Å². The van der Waals surface area contributed by atoms with E-state index in [9.17, 15) is 0 Å². The Balaban J connectivity index is 1.58. The van der Waals surface area contributed by atoms with Crippen LogP contribution in [0.4, 0.5) is 11.4 Å². The molecule has 126 valence electrons. The molecule has 24 heavy (non-hydrogen) atoms. The van der Waals surface area contributed by atoms with Crippen molar-refractivity contribution in [3.63, 3.8) is 0 Å². The van der Waals surface area contributed by atoms with Gasteiger partial charge in [0.05, 0.1) is 0 Å². The Hall–Kier alpha value is -1.96. The van der Waals surface area contributed by atoms with Gasteiger partial charge in [0.25, 0.3) is 0 Å². The zero-order valence-electron chi connectivity index (χ0n) is 14.9. The van der Waals surface area contributed by atoms with Crippen molar-refractivity contribution >= 4 is 11.4 Å². The molecule has 0 amide bonds. The molecule has 0 saturated carbocycles. The Morgan fingerprint density at radius 3 is 1.38 bits per heavy atom. The molecule has 0 N–H and O–H groups in total. The number of aryl methyl sites for hydroxylation is 2. The topological polar surface area (TPSA) is 6.48 Å². The number of benzene rings is 2. The summed E-state index contributed by atoms with van der Waals surface area (Å²) in [5.41, 5.74) is 5.49. The smallest absolute Gasteiger partial charge is 0.0494 e. The average molecular weight is 320 g/mol. The van der Waals surface area contributed by atoms with Gasteiger partial charge in [0.1, 0.15) is 0 Å². The Kier molecular flexibility index (Phi) is 4.22. The van der Waals surface area contributed by atoms with Crippen LogP contribution in [0.1, 0.15) is 36.8 Å². The summed E-state index contributed by atoms with van der Waals surface area (Å²) < 4.78 is 0. The maximum atomic E-state index is 2.66. The molecule has 2 aromatic carbocycles. The summed E-state index contributed by atoms with van der Waals surface area (Å²) in [6, 6.07) is 19.5. The van der Waals surface area contributed by atoms with Crippen LogP contribution in [0, 0.1) is 13.8 Å². The van der Waals surface area contributed by atoms with Crippen LogP contribution in [-0.2, 0) is 0 Å². The zero-order chi connectivity index (χ0) is 16.5. The standard InChI is InChI=1S/C22H28N2/c1-17-7-11-19(12-8-17)23-15-3-5-21(23)22-6-4-16-24(22)20-13-9-18(2)10-14-20/h7-14,21-22H,3-6,15-16H2,1-2H3/t21-,22-/m1/s1. The maximum Gasteiger partial charge on any atom is 0.0494 e. The van der Waals surface area contributed by atoms with Gasteiger partial charge < -0.3 is 9.80 Å². The largest absolute Gasteiger partial charge is 0.366 e. The summed E-state index contributed by atoms with van der Waals surface area (Å²) in [7, 11) is 0. The van der Waals surface area contributed by atoms with Gasteiger partial charge in [-0.05, 0) is 63.8 Å². The summed E-state index contributed by atoms with van der Waals surface area (Å²) >= 11 is 0. The third-order valence-corrected chi connectivity index (χ3v) is 5.77. The highest BCUT2D eigenvalue weighted by atomic mass is 15.3. The van der Waals surface area contributed by atoms with E-state index in [4.69, 9.17) is 0 Å². The molecule has 2 nitrogen and oxygen atoms in total. The van der Waals surface area contributed by atoms with Crippen molar-refractivity contribution < 1.29 is 0 Å². The molecule has 2 aromatic rings. The summed E-state index contributed by atoms with van der Waals surface area (Å²) in [5, 5.41) is 0. The van der Waals surface area contributed by atoms with Crippen LogP contribution in [0.2, 0.25) is 0 Å². The van der Waals surface area contributed by atoms with Crippen LogP contribution in [0.15, 0.2) is 48.5 Å². The maximum absolute atomic E-state index is 2.66. The van der Waals surface area contributed by atoms with Gasteiger partial charge in [-0.25, -0.2) is 0 Å². The number of anilines is 2. The van der Waals surface area contributed by atoms with Gasteiger partial charge in [-0.15, -0.1) is 0 Å². The first-order chi connectivity index (χ1) is 11.7. The predicted octanol–water partition coefficient (Wildman–Crippen LogP) is 4.94. The number of nitrogens with zero attached hydrogens (tertiary/aromatic N) is 2. The molecule has 4 rings (SSSR count). The molecule has 2 heterocycles. The lowest BCUT2D eigenvalue weighted by Crippen LogP contribution is -2.46. The van der Waals surface area contributed by atoms with Gasteiger partial charge in [0.2, 0.25) is 0 Å². The lowest BCUT2D eigenvalue weighted by atomic mass is 10.0. The van der Waals surface area contributed by atoms with E-state index >= 15 is 0 Å². The fourth-order valence-corrected chi connectivity index (χ4v) is 4.50. The molecule has 0 aliphatic carbocycles. The second kappa shape index (κ2) is 6.51. The van der Waals surface area contributed by atoms with E-state index in [1.165, 1.54) is 61.3 Å². The van der Waals surface area contributed by atoms with Crippen LogP contribution in [-0.4, -0.2) is 25.2 Å². The van der Waals surface area contributed by atoms with Crippen LogP contribution >= 0.6 is 0 Å². The molecule has 0 aromatic heterocycles. The van der Waals surface area contributed by atoms with Crippen LogP contribution < -0.4 is 9.80 Å². The minimum absolute atomic E-state index is 0.650. The Bertz CT molecular complexity index is 613. The third kappa shape index (κ3) is 2.90. The Labute approximate surface area is 146 Å². The minimum Gasteiger partial charge on any atom is -0.366 e. The van der Waals surface area contributed by atoms with E-state index in [0.717, 1.165) is 0 Å². The average Bonchev–Trinajstić information content (AvgIpc) is 3.25. The molecule has 0 unspecified atom stereocenters. The van der Waals surface area contributed by atoms with Gasteiger partial charge in [0.15, 0.2) is 0 Å². The molecule has 2 heteroatoms. The fraction of sp³-hybridized carbons (Fsp3) is 0.455. The Morgan fingerprint density at radius 1 is 0.625 bits per heavy atom. The molecule has 0 radical (unpaired) electrons. The highest BCUT2D eigenvalue weighted by Crippen LogP contribution is 2.36. The van der Waals surface area contributed by atoms with Crippen molar-refractivity contribution in [2.24, 2.45) is 0 Å². The predicted molar refractivity (Wildman–Crippen MR) is 103 cm³/mol. The first-order valence-corrected chi connectivity index (χ1v) is 9.39. The molecule has 2 fully saturated rings. The van der Waals surface area contributed by atoms with E-state index in [0.29, 0.717) is 12.1 Å². The summed E-state index contributed by atoms with van der Waals surface area (Å²) in [6.07, 6.45) is 5.27. The van der Waals surface area contributed by atoms with Crippen LogP contribution in [0.3, 0.4) is 0 Å². The SMILES string of the molecule is Cc1ccc(N2CCC[C@@H]2[C@H]2CCCN2c2ccc(C)cc2)cc1. The van der Waals surface area contributed by atoms with E-state index in [-0.39, 0.29) is 0 Å². The minimum atomic E-state index is 0.650. The molecular weight excluding hydrogens is 292 g/mol. The van der Waals surface area contributed by atoms with Gasteiger partial charge in [-0.2, -0.15) is 0 Å². The molecule has 0 bridgehead atoms. The number of hydrogen-bond acceptors (Lipinski definition) is 2. The summed E-state index contributed by atoms with van der Waals surface area (Å²) in [6.45, 7) is 6.74.